The van der Waals surface area contributed by atoms with Gasteiger partial charge in [-0.1, -0.05) is 6.07 Å². The first kappa shape index (κ1) is 16.7. The van der Waals surface area contributed by atoms with E-state index in [-0.39, 0.29) is 17.1 Å². The number of aromatic nitrogens is 2. The van der Waals surface area contributed by atoms with Crippen molar-refractivity contribution in [3.63, 3.8) is 0 Å². The maximum absolute atomic E-state index is 14.4. The van der Waals surface area contributed by atoms with Crippen LogP contribution in [-0.4, -0.2) is 29.2 Å². The van der Waals surface area contributed by atoms with E-state index in [0.29, 0.717) is 18.8 Å². The topological polar surface area (TPSA) is 61.0 Å². The first-order valence-electron chi connectivity index (χ1n) is 8.26. The van der Waals surface area contributed by atoms with Crippen LogP contribution in [-0.2, 0) is 0 Å². The van der Waals surface area contributed by atoms with Crippen LogP contribution in [0.2, 0.25) is 0 Å². The van der Waals surface area contributed by atoms with Crippen LogP contribution in [0, 0.1) is 11.6 Å². The summed E-state index contributed by atoms with van der Waals surface area (Å²) in [5, 5.41) is 11.2. The van der Waals surface area contributed by atoms with E-state index in [1.54, 1.807) is 11.0 Å². The number of nitrogens with one attached hydrogen (secondary N) is 2. The molecule has 26 heavy (non-hydrogen) atoms. The van der Waals surface area contributed by atoms with Gasteiger partial charge < -0.3 is 10.2 Å². The molecule has 2 aromatic heterocycles. The van der Waals surface area contributed by atoms with Gasteiger partial charge in [0.05, 0.1) is 10.6 Å². The second kappa shape index (κ2) is 6.87. The van der Waals surface area contributed by atoms with Gasteiger partial charge in [-0.15, -0.1) is 11.3 Å². The average molecular weight is 374 g/mol. The maximum Gasteiger partial charge on any atom is 0.276 e. The van der Waals surface area contributed by atoms with E-state index < -0.39 is 17.5 Å². The minimum Gasteiger partial charge on any atom is -0.367 e. The van der Waals surface area contributed by atoms with Gasteiger partial charge in [-0.3, -0.25) is 9.89 Å². The Morgan fingerprint density at radius 1 is 1.19 bits per heavy atom. The highest BCUT2D eigenvalue weighted by Crippen LogP contribution is 2.30. The van der Waals surface area contributed by atoms with E-state index in [1.807, 2.05) is 17.5 Å². The number of hydrogen-bond acceptors (Lipinski definition) is 4. The Bertz CT molecular complexity index is 910. The summed E-state index contributed by atoms with van der Waals surface area (Å²) >= 11 is 1.52. The number of anilines is 2. The number of amides is 1. The first-order chi connectivity index (χ1) is 12.6. The Morgan fingerprint density at radius 2 is 1.92 bits per heavy atom. The SMILES string of the molecule is O=C(Nc1cc(F)c(N2CCCC2)c(F)c1)c1cc(-c2cccs2)[nH]n1. The summed E-state index contributed by atoms with van der Waals surface area (Å²) in [5.41, 5.74) is 0.901. The molecule has 1 aromatic carbocycles. The minimum absolute atomic E-state index is 0.0275. The summed E-state index contributed by atoms with van der Waals surface area (Å²) in [6, 6.07) is 7.69. The second-order valence-electron chi connectivity index (χ2n) is 6.08. The molecular weight excluding hydrogens is 358 g/mol. The molecule has 5 nitrogen and oxygen atoms in total. The Kier molecular flexibility index (Phi) is 4.42. The molecule has 2 N–H and O–H groups in total. The third-order valence-electron chi connectivity index (χ3n) is 4.29. The highest BCUT2D eigenvalue weighted by atomic mass is 32.1. The molecule has 0 unspecified atom stereocenters. The van der Waals surface area contributed by atoms with E-state index in [1.165, 1.54) is 11.3 Å². The van der Waals surface area contributed by atoms with Crippen molar-refractivity contribution in [2.24, 2.45) is 0 Å². The number of hydrogen-bond donors (Lipinski definition) is 2. The van der Waals surface area contributed by atoms with E-state index in [0.717, 1.165) is 29.9 Å². The molecule has 1 aliphatic rings. The molecule has 0 radical (unpaired) electrons. The van der Waals surface area contributed by atoms with E-state index in [2.05, 4.69) is 15.5 Å². The molecule has 0 bridgehead atoms. The van der Waals surface area contributed by atoms with Crippen LogP contribution in [0.4, 0.5) is 20.2 Å². The number of aromatic amines is 1. The maximum atomic E-state index is 14.4. The van der Waals surface area contributed by atoms with Gasteiger partial charge in [0.2, 0.25) is 0 Å². The van der Waals surface area contributed by atoms with Crippen LogP contribution in [0.3, 0.4) is 0 Å². The van der Waals surface area contributed by atoms with Gasteiger partial charge in [0, 0.05) is 18.8 Å². The molecular formula is C18H16F2N4OS. The lowest BCUT2D eigenvalue weighted by Gasteiger charge is -2.19. The zero-order valence-corrected chi connectivity index (χ0v) is 14.6. The summed E-state index contributed by atoms with van der Waals surface area (Å²) in [7, 11) is 0. The summed E-state index contributed by atoms with van der Waals surface area (Å²) in [4.78, 5) is 15.0. The molecule has 1 amide bonds. The quantitative estimate of drug-likeness (QED) is 0.717. The Labute approximate surface area is 152 Å². The Hall–Kier alpha value is -2.74. The Balaban J connectivity index is 1.53. The van der Waals surface area contributed by atoms with Crippen LogP contribution in [0.25, 0.3) is 10.6 Å². The van der Waals surface area contributed by atoms with E-state index in [4.69, 9.17) is 0 Å². The van der Waals surface area contributed by atoms with Crippen molar-refractivity contribution in [2.45, 2.75) is 12.8 Å². The molecule has 3 aromatic rings. The predicted molar refractivity (Wildman–Crippen MR) is 97.7 cm³/mol. The molecule has 0 saturated carbocycles. The summed E-state index contributed by atoms with van der Waals surface area (Å²) in [6.07, 6.45) is 1.84. The van der Waals surface area contributed by atoms with Gasteiger partial charge in [-0.2, -0.15) is 5.10 Å². The van der Waals surface area contributed by atoms with Gasteiger partial charge in [0.1, 0.15) is 5.69 Å². The van der Waals surface area contributed by atoms with Gasteiger partial charge >= 0.3 is 0 Å². The molecule has 0 aliphatic carbocycles. The van der Waals surface area contributed by atoms with Crippen molar-refractivity contribution in [1.82, 2.24) is 10.2 Å². The second-order valence-corrected chi connectivity index (χ2v) is 7.03. The molecule has 8 heteroatoms. The molecule has 3 heterocycles. The zero-order valence-electron chi connectivity index (χ0n) is 13.8. The van der Waals surface area contributed by atoms with Gasteiger partial charge in [0.15, 0.2) is 17.3 Å². The van der Waals surface area contributed by atoms with Crippen molar-refractivity contribution in [3.05, 3.63) is 53.0 Å². The zero-order chi connectivity index (χ0) is 18.1. The van der Waals surface area contributed by atoms with Crippen molar-refractivity contribution in [2.75, 3.05) is 23.3 Å². The lowest BCUT2D eigenvalue weighted by Crippen LogP contribution is -2.21. The van der Waals surface area contributed by atoms with Crippen molar-refractivity contribution >= 4 is 28.6 Å². The molecule has 1 fully saturated rings. The molecule has 0 spiro atoms. The summed E-state index contributed by atoms with van der Waals surface area (Å²) < 4.78 is 28.7. The van der Waals surface area contributed by atoms with Crippen molar-refractivity contribution < 1.29 is 13.6 Å². The lowest BCUT2D eigenvalue weighted by molar-refractivity contribution is 0.102. The lowest BCUT2D eigenvalue weighted by atomic mass is 10.2. The van der Waals surface area contributed by atoms with Crippen LogP contribution in [0.15, 0.2) is 35.7 Å². The fourth-order valence-electron chi connectivity index (χ4n) is 3.07. The molecule has 1 saturated heterocycles. The number of thiophene rings is 1. The summed E-state index contributed by atoms with van der Waals surface area (Å²) in [5.74, 6) is -1.89. The smallest absolute Gasteiger partial charge is 0.276 e. The number of benzene rings is 1. The molecule has 134 valence electrons. The van der Waals surface area contributed by atoms with E-state index in [9.17, 15) is 13.6 Å². The largest absolute Gasteiger partial charge is 0.367 e. The van der Waals surface area contributed by atoms with Gasteiger partial charge in [-0.05, 0) is 42.5 Å². The third-order valence-corrected chi connectivity index (χ3v) is 5.20. The minimum atomic E-state index is -0.677. The third kappa shape index (κ3) is 3.20. The average Bonchev–Trinajstić information content (AvgIpc) is 3.35. The highest BCUT2D eigenvalue weighted by Gasteiger charge is 2.22. The fraction of sp³-hybridized carbons (Fsp3) is 0.222. The number of H-pyrrole nitrogens is 1. The fourth-order valence-corrected chi connectivity index (χ4v) is 3.76. The Morgan fingerprint density at radius 3 is 2.58 bits per heavy atom. The molecule has 4 rings (SSSR count). The number of carbonyl (C=O) groups excluding carboxylic acids is 1. The molecule has 1 aliphatic heterocycles. The normalized spacial score (nSPS) is 14.0. The van der Waals surface area contributed by atoms with Crippen LogP contribution >= 0.6 is 11.3 Å². The number of rotatable bonds is 4. The standard InChI is InChI=1S/C18H16F2N4OS/c19-12-8-11(9-13(20)17(12)24-5-1-2-6-24)21-18(25)15-10-14(22-23-15)16-4-3-7-26-16/h3-4,7-10H,1-2,5-6H2,(H,21,25)(H,22,23). The molecule has 0 atom stereocenters. The first-order valence-corrected chi connectivity index (χ1v) is 9.14. The van der Waals surface area contributed by atoms with Crippen molar-refractivity contribution in [3.8, 4) is 10.6 Å². The van der Waals surface area contributed by atoms with Gasteiger partial charge in [0.25, 0.3) is 5.91 Å². The number of carbonyl (C=O) groups is 1. The summed E-state index contributed by atoms with van der Waals surface area (Å²) in [6.45, 7) is 1.27. The monoisotopic (exact) mass is 374 g/mol. The van der Waals surface area contributed by atoms with Crippen LogP contribution in [0.5, 0.6) is 0 Å². The van der Waals surface area contributed by atoms with E-state index >= 15 is 0 Å². The highest BCUT2D eigenvalue weighted by molar-refractivity contribution is 7.13. The van der Waals surface area contributed by atoms with Gasteiger partial charge in [-0.25, -0.2) is 8.78 Å². The number of nitrogens with zero attached hydrogens (tertiary/aromatic N) is 2. The van der Waals surface area contributed by atoms with Crippen molar-refractivity contribution in [1.29, 1.82) is 0 Å². The van der Waals surface area contributed by atoms with Crippen LogP contribution in [0.1, 0.15) is 23.3 Å². The van der Waals surface area contributed by atoms with Crippen LogP contribution < -0.4 is 10.2 Å². The predicted octanol–water partition coefficient (Wildman–Crippen LogP) is 4.27. The number of halogens is 2.